The number of benzene rings is 2. The fourth-order valence-corrected chi connectivity index (χ4v) is 2.86. The number of ether oxygens (including phenoxy) is 1. The molecule has 0 aliphatic rings. The Labute approximate surface area is 183 Å². The summed E-state index contributed by atoms with van der Waals surface area (Å²) in [6, 6.07) is 12.7. The SMILES string of the molecule is Cc1ccc(-c2nnn(CC(=O)OCC(=O)N(C)Cc3ccc(Cl)c(Cl)c3)n2)cc1. The number of hydrogen-bond donors (Lipinski definition) is 0. The molecule has 0 aliphatic carbocycles. The van der Waals surface area contributed by atoms with E-state index in [4.69, 9.17) is 27.9 Å². The maximum absolute atomic E-state index is 12.2. The first-order valence-corrected chi connectivity index (χ1v) is 9.76. The van der Waals surface area contributed by atoms with Crippen LogP contribution >= 0.6 is 23.2 Å². The van der Waals surface area contributed by atoms with Crippen LogP contribution in [-0.4, -0.2) is 50.6 Å². The van der Waals surface area contributed by atoms with Gasteiger partial charge in [-0.1, -0.05) is 59.1 Å². The van der Waals surface area contributed by atoms with E-state index in [2.05, 4.69) is 15.4 Å². The fourth-order valence-electron chi connectivity index (χ4n) is 2.54. The van der Waals surface area contributed by atoms with Gasteiger partial charge in [0.1, 0.15) is 0 Å². The maximum atomic E-state index is 12.2. The topological polar surface area (TPSA) is 90.2 Å². The van der Waals surface area contributed by atoms with E-state index in [0.29, 0.717) is 22.4 Å². The molecule has 10 heteroatoms. The van der Waals surface area contributed by atoms with Crippen LogP contribution in [0, 0.1) is 6.92 Å². The van der Waals surface area contributed by atoms with E-state index in [0.717, 1.165) is 21.5 Å². The summed E-state index contributed by atoms with van der Waals surface area (Å²) in [5, 5.41) is 12.8. The maximum Gasteiger partial charge on any atom is 0.330 e. The number of hydrogen-bond acceptors (Lipinski definition) is 6. The minimum Gasteiger partial charge on any atom is -0.454 e. The molecule has 1 aromatic heterocycles. The van der Waals surface area contributed by atoms with Gasteiger partial charge in [-0.25, -0.2) is 4.79 Å². The van der Waals surface area contributed by atoms with Crippen LogP contribution < -0.4 is 0 Å². The summed E-state index contributed by atoms with van der Waals surface area (Å²) in [6.07, 6.45) is 0. The molecule has 1 amide bonds. The second-order valence-corrected chi connectivity index (χ2v) is 7.48. The van der Waals surface area contributed by atoms with Crippen molar-refractivity contribution in [1.29, 1.82) is 0 Å². The highest BCUT2D eigenvalue weighted by Crippen LogP contribution is 2.23. The standard InChI is InChI=1S/C20H19Cl2N5O3/c1-13-3-6-15(7-4-13)20-23-25-27(24-20)11-19(29)30-12-18(28)26(2)10-14-5-8-16(21)17(22)9-14/h3-9H,10-12H2,1-2H3. The lowest BCUT2D eigenvalue weighted by Gasteiger charge is -2.17. The van der Waals surface area contributed by atoms with Crippen LogP contribution in [0.2, 0.25) is 10.0 Å². The molecule has 1 heterocycles. The highest BCUT2D eigenvalue weighted by atomic mass is 35.5. The predicted octanol–water partition coefficient (Wildman–Crippen LogP) is 3.16. The van der Waals surface area contributed by atoms with Gasteiger partial charge in [-0.15, -0.1) is 10.2 Å². The average molecular weight is 448 g/mol. The van der Waals surface area contributed by atoms with Crippen LogP contribution in [0.1, 0.15) is 11.1 Å². The molecule has 3 aromatic rings. The third kappa shape index (κ3) is 5.77. The van der Waals surface area contributed by atoms with Gasteiger partial charge in [-0.3, -0.25) is 4.79 Å². The summed E-state index contributed by atoms with van der Waals surface area (Å²) in [4.78, 5) is 26.8. The minimum atomic E-state index is -0.640. The highest BCUT2D eigenvalue weighted by Gasteiger charge is 2.15. The number of tetrazole rings is 1. The first-order chi connectivity index (χ1) is 14.3. The smallest absolute Gasteiger partial charge is 0.330 e. The zero-order chi connectivity index (χ0) is 21.7. The molecule has 0 saturated carbocycles. The molecular weight excluding hydrogens is 429 g/mol. The first kappa shape index (κ1) is 21.7. The summed E-state index contributed by atoms with van der Waals surface area (Å²) >= 11 is 11.9. The second-order valence-electron chi connectivity index (χ2n) is 6.67. The van der Waals surface area contributed by atoms with Crippen LogP contribution in [0.3, 0.4) is 0 Å². The Balaban J connectivity index is 1.48. The van der Waals surface area contributed by atoms with Crippen molar-refractivity contribution >= 4 is 35.1 Å². The normalized spacial score (nSPS) is 10.7. The lowest BCUT2D eigenvalue weighted by atomic mass is 10.1. The van der Waals surface area contributed by atoms with Gasteiger partial charge < -0.3 is 9.64 Å². The molecule has 3 rings (SSSR count). The van der Waals surface area contributed by atoms with Gasteiger partial charge in [0.05, 0.1) is 10.0 Å². The summed E-state index contributed by atoms with van der Waals surface area (Å²) in [5.74, 6) is -0.597. The highest BCUT2D eigenvalue weighted by molar-refractivity contribution is 6.42. The van der Waals surface area contributed by atoms with Gasteiger partial charge in [0.15, 0.2) is 13.2 Å². The Kier molecular flexibility index (Phi) is 7.02. The number of carbonyl (C=O) groups excluding carboxylic acids is 2. The number of carbonyl (C=O) groups is 2. The number of nitrogens with zero attached hydrogens (tertiary/aromatic N) is 5. The molecule has 0 radical (unpaired) electrons. The number of rotatable bonds is 7. The first-order valence-electron chi connectivity index (χ1n) is 9.00. The minimum absolute atomic E-state index is 0.247. The molecular formula is C20H19Cl2N5O3. The predicted molar refractivity (Wildman–Crippen MR) is 112 cm³/mol. The van der Waals surface area contributed by atoms with Crippen molar-refractivity contribution in [3.05, 3.63) is 63.6 Å². The van der Waals surface area contributed by atoms with Gasteiger partial charge in [0.25, 0.3) is 5.91 Å². The van der Waals surface area contributed by atoms with Gasteiger partial charge in [0, 0.05) is 19.2 Å². The van der Waals surface area contributed by atoms with E-state index in [1.54, 1.807) is 25.2 Å². The van der Waals surface area contributed by atoms with Gasteiger partial charge in [0.2, 0.25) is 5.82 Å². The number of amides is 1. The summed E-state index contributed by atoms with van der Waals surface area (Å²) in [6.45, 7) is 1.64. The Hall–Kier alpha value is -2.97. The fraction of sp³-hybridized carbons (Fsp3) is 0.250. The summed E-state index contributed by atoms with van der Waals surface area (Å²) in [7, 11) is 1.60. The molecule has 0 aliphatic heterocycles. The lowest BCUT2D eigenvalue weighted by molar-refractivity contribution is -0.152. The zero-order valence-electron chi connectivity index (χ0n) is 16.4. The van der Waals surface area contributed by atoms with Crippen molar-refractivity contribution in [1.82, 2.24) is 25.1 Å². The van der Waals surface area contributed by atoms with E-state index in [1.807, 2.05) is 31.2 Å². The zero-order valence-corrected chi connectivity index (χ0v) is 17.9. The van der Waals surface area contributed by atoms with E-state index in [1.165, 1.54) is 4.90 Å². The Bertz CT molecular complexity index is 1050. The average Bonchev–Trinajstić information content (AvgIpc) is 3.17. The summed E-state index contributed by atoms with van der Waals surface area (Å²) in [5.41, 5.74) is 2.71. The molecule has 0 unspecified atom stereocenters. The molecule has 0 saturated heterocycles. The third-order valence-electron chi connectivity index (χ3n) is 4.22. The van der Waals surface area contributed by atoms with Crippen LogP contribution in [0.4, 0.5) is 0 Å². The molecule has 156 valence electrons. The largest absolute Gasteiger partial charge is 0.454 e. The summed E-state index contributed by atoms with van der Waals surface area (Å²) < 4.78 is 5.03. The van der Waals surface area contributed by atoms with E-state index < -0.39 is 12.6 Å². The molecule has 30 heavy (non-hydrogen) atoms. The van der Waals surface area contributed by atoms with Crippen molar-refractivity contribution in [2.24, 2.45) is 0 Å². The number of aryl methyl sites for hydroxylation is 1. The molecule has 8 nitrogen and oxygen atoms in total. The van der Waals surface area contributed by atoms with Crippen LogP contribution in [0.25, 0.3) is 11.4 Å². The van der Waals surface area contributed by atoms with Crippen molar-refractivity contribution in [2.75, 3.05) is 13.7 Å². The Morgan fingerprint density at radius 3 is 2.53 bits per heavy atom. The molecule has 0 atom stereocenters. The molecule has 0 bridgehead atoms. The monoisotopic (exact) mass is 447 g/mol. The lowest BCUT2D eigenvalue weighted by Crippen LogP contribution is -2.31. The van der Waals surface area contributed by atoms with Crippen LogP contribution in [0.15, 0.2) is 42.5 Å². The number of aromatic nitrogens is 4. The quantitative estimate of drug-likeness (QED) is 0.516. The van der Waals surface area contributed by atoms with Gasteiger partial charge >= 0.3 is 5.97 Å². The van der Waals surface area contributed by atoms with E-state index in [-0.39, 0.29) is 12.5 Å². The van der Waals surface area contributed by atoms with Crippen molar-refractivity contribution in [3.63, 3.8) is 0 Å². The molecule has 0 N–H and O–H groups in total. The Morgan fingerprint density at radius 2 is 1.83 bits per heavy atom. The molecule has 0 spiro atoms. The molecule has 2 aromatic carbocycles. The van der Waals surface area contributed by atoms with Crippen molar-refractivity contribution in [2.45, 2.75) is 20.0 Å². The van der Waals surface area contributed by atoms with Crippen LogP contribution in [0.5, 0.6) is 0 Å². The van der Waals surface area contributed by atoms with Gasteiger partial charge in [-0.05, 0) is 29.8 Å². The Morgan fingerprint density at radius 1 is 1.10 bits per heavy atom. The van der Waals surface area contributed by atoms with Crippen molar-refractivity contribution in [3.8, 4) is 11.4 Å². The number of likely N-dealkylation sites (N-methyl/N-ethyl adjacent to an activating group) is 1. The number of halogens is 2. The second kappa shape index (κ2) is 9.69. The van der Waals surface area contributed by atoms with Crippen molar-refractivity contribution < 1.29 is 14.3 Å². The van der Waals surface area contributed by atoms with Crippen LogP contribution in [-0.2, 0) is 27.4 Å². The van der Waals surface area contributed by atoms with E-state index in [9.17, 15) is 9.59 Å². The molecule has 0 fully saturated rings. The number of esters is 1. The van der Waals surface area contributed by atoms with E-state index >= 15 is 0 Å². The third-order valence-corrected chi connectivity index (χ3v) is 4.96. The van der Waals surface area contributed by atoms with Gasteiger partial charge in [-0.2, -0.15) is 4.80 Å².